The molecule has 4 unspecified atom stereocenters. The van der Waals surface area contributed by atoms with Crippen LogP contribution in [0.1, 0.15) is 50.3 Å². The summed E-state index contributed by atoms with van der Waals surface area (Å²) in [4.78, 5) is 9.47. The van der Waals surface area contributed by atoms with E-state index in [1.54, 1.807) is 11.6 Å². The fourth-order valence-corrected chi connectivity index (χ4v) is 4.61. The van der Waals surface area contributed by atoms with Crippen LogP contribution in [0, 0.1) is 11.8 Å². The second kappa shape index (κ2) is 8.00. The Hall–Kier alpha value is -2.87. The van der Waals surface area contributed by atoms with E-state index in [2.05, 4.69) is 42.6 Å². The first-order valence-corrected chi connectivity index (χ1v) is 11.1. The maximum absolute atomic E-state index is 6.28. The van der Waals surface area contributed by atoms with Crippen LogP contribution in [0.25, 0.3) is 5.65 Å². The van der Waals surface area contributed by atoms with E-state index >= 15 is 0 Å². The van der Waals surface area contributed by atoms with Crippen LogP contribution in [0.2, 0.25) is 0 Å². The van der Waals surface area contributed by atoms with Gasteiger partial charge >= 0.3 is 6.01 Å². The molecule has 4 atom stereocenters. The first-order valence-electron chi connectivity index (χ1n) is 11.1. The maximum atomic E-state index is 6.28. The average Bonchev–Trinajstić information content (AvgIpc) is 3.35. The summed E-state index contributed by atoms with van der Waals surface area (Å²) in [5.41, 5.74) is 2.97. The van der Waals surface area contributed by atoms with E-state index in [0.717, 1.165) is 48.0 Å². The van der Waals surface area contributed by atoms with Gasteiger partial charge in [0, 0.05) is 18.0 Å². The third kappa shape index (κ3) is 3.69. The summed E-state index contributed by atoms with van der Waals surface area (Å²) in [6, 6.07) is 8.45. The van der Waals surface area contributed by atoms with Gasteiger partial charge in [0.1, 0.15) is 11.9 Å². The lowest BCUT2D eigenvalue weighted by Crippen LogP contribution is -2.44. The Morgan fingerprint density at radius 2 is 2.06 bits per heavy atom. The molecule has 0 radical (unpaired) electrons. The van der Waals surface area contributed by atoms with Gasteiger partial charge in [-0.2, -0.15) is 19.6 Å². The van der Waals surface area contributed by atoms with Crippen molar-refractivity contribution in [1.82, 2.24) is 24.9 Å². The Morgan fingerprint density at radius 1 is 1.19 bits per heavy atom. The standard InChI is InChI=1S/C23H30N6O2/c1-13(2)18-12-25-29-21(18)27-23(31-20-9-16-10-24-11-19(16)20)28-22(29)26-14(3)15-6-5-7-17(8-15)30-4/h5-8,12-14,16,19-20,24H,9-11H2,1-4H3,(H,26,27,28). The second-order valence-electron chi connectivity index (χ2n) is 8.94. The van der Waals surface area contributed by atoms with Gasteiger partial charge in [0.25, 0.3) is 0 Å². The molecule has 31 heavy (non-hydrogen) atoms. The molecule has 5 rings (SSSR count). The number of aromatic nitrogens is 4. The normalized spacial score (nSPS) is 23.5. The highest BCUT2D eigenvalue weighted by Gasteiger charge is 2.46. The van der Waals surface area contributed by atoms with Crippen LogP contribution >= 0.6 is 0 Å². The van der Waals surface area contributed by atoms with E-state index in [1.165, 1.54) is 0 Å². The molecule has 1 saturated carbocycles. The minimum absolute atomic E-state index is 0.000125. The number of ether oxygens (including phenoxy) is 2. The van der Waals surface area contributed by atoms with Gasteiger partial charge in [0.15, 0.2) is 5.65 Å². The number of fused-ring (bicyclic) bond motifs is 2. The summed E-state index contributed by atoms with van der Waals surface area (Å²) in [6.07, 6.45) is 3.11. The summed E-state index contributed by atoms with van der Waals surface area (Å²) < 4.78 is 13.4. The monoisotopic (exact) mass is 422 g/mol. The van der Waals surface area contributed by atoms with Crippen LogP contribution in [-0.2, 0) is 0 Å². The van der Waals surface area contributed by atoms with Gasteiger partial charge in [-0.05, 0) is 49.4 Å². The number of anilines is 1. The van der Waals surface area contributed by atoms with Crippen LogP contribution in [0.15, 0.2) is 30.5 Å². The maximum Gasteiger partial charge on any atom is 0.322 e. The van der Waals surface area contributed by atoms with Crippen LogP contribution < -0.4 is 20.1 Å². The highest BCUT2D eigenvalue weighted by Crippen LogP contribution is 2.39. The summed E-state index contributed by atoms with van der Waals surface area (Å²) in [7, 11) is 1.68. The zero-order chi connectivity index (χ0) is 21.5. The Morgan fingerprint density at radius 3 is 2.84 bits per heavy atom. The third-order valence-corrected chi connectivity index (χ3v) is 6.60. The van der Waals surface area contributed by atoms with Crippen molar-refractivity contribution in [2.75, 3.05) is 25.5 Å². The molecule has 3 aromatic rings. The largest absolute Gasteiger partial charge is 0.497 e. The summed E-state index contributed by atoms with van der Waals surface area (Å²) in [5.74, 6) is 3.04. The first-order chi connectivity index (χ1) is 15.0. The lowest BCUT2D eigenvalue weighted by atomic mass is 9.73. The molecule has 0 amide bonds. The molecule has 1 saturated heterocycles. The van der Waals surface area contributed by atoms with Gasteiger partial charge in [-0.3, -0.25) is 0 Å². The summed E-state index contributed by atoms with van der Waals surface area (Å²) in [5, 5.41) is 11.5. The van der Waals surface area contributed by atoms with Crippen LogP contribution in [0.3, 0.4) is 0 Å². The van der Waals surface area contributed by atoms with Gasteiger partial charge < -0.3 is 20.1 Å². The van der Waals surface area contributed by atoms with Crippen molar-refractivity contribution in [2.24, 2.45) is 11.8 Å². The molecule has 164 valence electrons. The number of hydrogen-bond acceptors (Lipinski definition) is 7. The highest BCUT2D eigenvalue weighted by atomic mass is 16.5. The SMILES string of the molecule is COc1cccc(C(C)Nc2nc(OC3CC4CNCC43)nc3c(C(C)C)cnn23)c1. The number of benzene rings is 1. The van der Waals surface area contributed by atoms with Gasteiger partial charge in [0.2, 0.25) is 5.95 Å². The second-order valence-corrected chi connectivity index (χ2v) is 8.94. The molecule has 1 aliphatic carbocycles. The van der Waals surface area contributed by atoms with Gasteiger partial charge in [-0.15, -0.1) is 0 Å². The minimum Gasteiger partial charge on any atom is -0.497 e. The Bertz CT molecular complexity index is 1080. The molecule has 3 heterocycles. The highest BCUT2D eigenvalue weighted by molar-refractivity contribution is 5.53. The molecule has 2 fully saturated rings. The van der Waals surface area contributed by atoms with E-state index in [-0.39, 0.29) is 12.1 Å². The fraction of sp³-hybridized carbons (Fsp3) is 0.522. The third-order valence-electron chi connectivity index (χ3n) is 6.60. The predicted molar refractivity (Wildman–Crippen MR) is 119 cm³/mol. The molecule has 1 aliphatic heterocycles. The van der Waals surface area contributed by atoms with E-state index < -0.39 is 0 Å². The van der Waals surface area contributed by atoms with Crippen molar-refractivity contribution in [3.05, 3.63) is 41.6 Å². The van der Waals surface area contributed by atoms with E-state index in [1.807, 2.05) is 24.4 Å². The van der Waals surface area contributed by atoms with Crippen LogP contribution in [0.5, 0.6) is 11.8 Å². The molecular weight excluding hydrogens is 392 g/mol. The predicted octanol–water partition coefficient (Wildman–Crippen LogP) is 3.42. The van der Waals surface area contributed by atoms with Crippen molar-refractivity contribution >= 4 is 11.6 Å². The van der Waals surface area contributed by atoms with Crippen molar-refractivity contribution in [3.63, 3.8) is 0 Å². The lowest BCUT2D eigenvalue weighted by Gasteiger charge is -2.38. The molecule has 2 N–H and O–H groups in total. The Labute approximate surface area is 182 Å². The number of nitrogens with zero attached hydrogens (tertiary/aromatic N) is 4. The van der Waals surface area contributed by atoms with Crippen molar-refractivity contribution in [2.45, 2.75) is 45.3 Å². The van der Waals surface area contributed by atoms with Crippen molar-refractivity contribution in [1.29, 1.82) is 0 Å². The fourth-order valence-electron chi connectivity index (χ4n) is 4.61. The topological polar surface area (TPSA) is 85.6 Å². The van der Waals surface area contributed by atoms with Crippen LogP contribution in [-0.4, -0.2) is 45.9 Å². The van der Waals surface area contributed by atoms with E-state index in [9.17, 15) is 0 Å². The molecular formula is C23H30N6O2. The van der Waals surface area contributed by atoms with Crippen LogP contribution in [0.4, 0.5) is 5.95 Å². The molecule has 2 aromatic heterocycles. The molecule has 8 heteroatoms. The minimum atomic E-state index is -0.000125. The number of hydrogen-bond donors (Lipinski definition) is 2. The Balaban J connectivity index is 1.46. The number of rotatable bonds is 7. The van der Waals surface area contributed by atoms with Gasteiger partial charge in [-0.1, -0.05) is 26.0 Å². The van der Waals surface area contributed by atoms with E-state index in [0.29, 0.717) is 23.8 Å². The quantitative estimate of drug-likeness (QED) is 0.603. The van der Waals surface area contributed by atoms with Gasteiger partial charge in [-0.25, -0.2) is 0 Å². The number of nitrogens with one attached hydrogen (secondary N) is 2. The van der Waals surface area contributed by atoms with Crippen molar-refractivity contribution < 1.29 is 9.47 Å². The lowest BCUT2D eigenvalue weighted by molar-refractivity contribution is 0.0100. The molecule has 0 bridgehead atoms. The summed E-state index contributed by atoms with van der Waals surface area (Å²) in [6.45, 7) is 8.49. The van der Waals surface area contributed by atoms with Gasteiger partial charge in [0.05, 0.1) is 19.3 Å². The molecule has 1 aromatic carbocycles. The molecule has 8 nitrogen and oxygen atoms in total. The van der Waals surface area contributed by atoms with E-state index in [4.69, 9.17) is 19.4 Å². The summed E-state index contributed by atoms with van der Waals surface area (Å²) >= 11 is 0. The Kier molecular flexibility index (Phi) is 5.17. The molecule has 2 aliphatic rings. The number of methoxy groups -OCH3 is 1. The smallest absolute Gasteiger partial charge is 0.322 e. The zero-order valence-electron chi connectivity index (χ0n) is 18.5. The molecule has 0 spiro atoms. The first kappa shape index (κ1) is 20.1. The average molecular weight is 423 g/mol. The zero-order valence-corrected chi connectivity index (χ0v) is 18.5. The van der Waals surface area contributed by atoms with Crippen molar-refractivity contribution in [3.8, 4) is 11.8 Å².